The van der Waals surface area contributed by atoms with Gasteiger partial charge in [0.1, 0.15) is 11.9 Å². The SMILES string of the molecule is CCC(OC)C(=O)Cc1ncc(C)c(OC)c1C. The lowest BCUT2D eigenvalue weighted by atomic mass is 10.0. The van der Waals surface area contributed by atoms with Crippen LogP contribution >= 0.6 is 0 Å². The highest BCUT2D eigenvalue weighted by molar-refractivity contribution is 5.85. The van der Waals surface area contributed by atoms with Crippen LogP contribution in [0.2, 0.25) is 0 Å². The molecule has 1 heterocycles. The van der Waals surface area contributed by atoms with Crippen LogP contribution in [0.25, 0.3) is 0 Å². The molecule has 0 aliphatic rings. The van der Waals surface area contributed by atoms with E-state index in [9.17, 15) is 4.79 Å². The highest BCUT2D eigenvalue weighted by Crippen LogP contribution is 2.24. The van der Waals surface area contributed by atoms with Crippen LogP contribution in [0.3, 0.4) is 0 Å². The van der Waals surface area contributed by atoms with Gasteiger partial charge in [0, 0.05) is 24.4 Å². The molecule has 18 heavy (non-hydrogen) atoms. The molecule has 0 bridgehead atoms. The molecular weight excluding hydrogens is 230 g/mol. The van der Waals surface area contributed by atoms with Crippen molar-refractivity contribution in [3.05, 3.63) is 23.0 Å². The first kappa shape index (κ1) is 14.6. The summed E-state index contributed by atoms with van der Waals surface area (Å²) in [5, 5.41) is 0. The molecule has 0 spiro atoms. The molecule has 0 aromatic carbocycles. The van der Waals surface area contributed by atoms with Gasteiger partial charge in [-0.05, 0) is 20.3 Å². The van der Waals surface area contributed by atoms with Crippen LogP contribution in [-0.4, -0.2) is 31.1 Å². The fourth-order valence-corrected chi connectivity index (χ4v) is 2.05. The van der Waals surface area contributed by atoms with Crippen molar-refractivity contribution in [2.75, 3.05) is 14.2 Å². The topological polar surface area (TPSA) is 48.4 Å². The molecule has 0 radical (unpaired) electrons. The molecule has 1 aromatic heterocycles. The molecule has 1 rings (SSSR count). The van der Waals surface area contributed by atoms with Crippen molar-refractivity contribution >= 4 is 5.78 Å². The minimum atomic E-state index is -0.349. The van der Waals surface area contributed by atoms with Crippen molar-refractivity contribution in [3.63, 3.8) is 0 Å². The highest BCUT2D eigenvalue weighted by atomic mass is 16.5. The number of aromatic nitrogens is 1. The zero-order valence-electron chi connectivity index (χ0n) is 11.7. The minimum Gasteiger partial charge on any atom is -0.496 e. The Bertz CT molecular complexity index is 425. The Morgan fingerprint density at radius 1 is 1.39 bits per heavy atom. The van der Waals surface area contributed by atoms with Gasteiger partial charge in [-0.1, -0.05) is 6.92 Å². The summed E-state index contributed by atoms with van der Waals surface area (Å²) < 4.78 is 10.5. The smallest absolute Gasteiger partial charge is 0.167 e. The normalized spacial score (nSPS) is 12.3. The van der Waals surface area contributed by atoms with Gasteiger partial charge in [-0.2, -0.15) is 0 Å². The van der Waals surface area contributed by atoms with Gasteiger partial charge >= 0.3 is 0 Å². The average molecular weight is 251 g/mol. The van der Waals surface area contributed by atoms with Crippen LogP contribution in [-0.2, 0) is 16.0 Å². The number of Topliss-reactive ketones (excluding diaryl/α,β-unsaturated/α-hetero) is 1. The number of rotatable bonds is 6. The van der Waals surface area contributed by atoms with Gasteiger partial charge in [0.2, 0.25) is 0 Å². The van der Waals surface area contributed by atoms with E-state index in [1.165, 1.54) is 0 Å². The van der Waals surface area contributed by atoms with E-state index in [0.717, 1.165) is 22.6 Å². The van der Waals surface area contributed by atoms with E-state index in [0.29, 0.717) is 6.42 Å². The summed E-state index contributed by atoms with van der Waals surface area (Å²) in [6, 6.07) is 0. The molecule has 1 unspecified atom stereocenters. The highest BCUT2D eigenvalue weighted by Gasteiger charge is 2.19. The second-order valence-corrected chi connectivity index (χ2v) is 4.32. The van der Waals surface area contributed by atoms with Gasteiger partial charge in [-0.3, -0.25) is 9.78 Å². The quantitative estimate of drug-likeness (QED) is 0.778. The summed E-state index contributed by atoms with van der Waals surface area (Å²) >= 11 is 0. The van der Waals surface area contributed by atoms with Crippen molar-refractivity contribution in [2.45, 2.75) is 39.7 Å². The predicted molar refractivity (Wildman–Crippen MR) is 70.1 cm³/mol. The number of carbonyl (C=O) groups is 1. The maximum absolute atomic E-state index is 12.0. The fraction of sp³-hybridized carbons (Fsp3) is 0.571. The Morgan fingerprint density at radius 3 is 2.56 bits per heavy atom. The van der Waals surface area contributed by atoms with Crippen LogP contribution in [0.1, 0.15) is 30.2 Å². The van der Waals surface area contributed by atoms with Gasteiger partial charge in [0.15, 0.2) is 5.78 Å². The molecule has 0 fully saturated rings. The summed E-state index contributed by atoms with van der Waals surface area (Å²) in [6.45, 7) is 5.80. The predicted octanol–water partition coefficient (Wildman–Crippen LogP) is 2.24. The van der Waals surface area contributed by atoms with Crippen LogP contribution in [0.4, 0.5) is 0 Å². The van der Waals surface area contributed by atoms with Crippen LogP contribution in [0.5, 0.6) is 5.75 Å². The van der Waals surface area contributed by atoms with Crippen molar-refractivity contribution in [1.82, 2.24) is 4.98 Å². The Hall–Kier alpha value is -1.42. The molecule has 0 saturated carbocycles. The molecule has 4 nitrogen and oxygen atoms in total. The maximum Gasteiger partial charge on any atom is 0.167 e. The summed E-state index contributed by atoms with van der Waals surface area (Å²) in [5.74, 6) is 0.861. The monoisotopic (exact) mass is 251 g/mol. The molecule has 0 aliphatic carbocycles. The number of hydrogen-bond acceptors (Lipinski definition) is 4. The molecule has 0 amide bonds. The molecule has 0 aliphatic heterocycles. The second kappa shape index (κ2) is 6.50. The zero-order chi connectivity index (χ0) is 13.7. The molecule has 1 aromatic rings. The molecule has 4 heteroatoms. The van der Waals surface area contributed by atoms with E-state index in [2.05, 4.69) is 4.98 Å². The molecular formula is C14H21NO3. The van der Waals surface area contributed by atoms with Gasteiger partial charge in [-0.15, -0.1) is 0 Å². The maximum atomic E-state index is 12.0. The first-order valence-electron chi connectivity index (χ1n) is 6.09. The van der Waals surface area contributed by atoms with E-state index >= 15 is 0 Å². The molecule has 0 N–H and O–H groups in total. The minimum absolute atomic E-state index is 0.0570. The van der Waals surface area contributed by atoms with Crippen molar-refractivity contribution in [2.24, 2.45) is 0 Å². The lowest BCUT2D eigenvalue weighted by Crippen LogP contribution is -2.24. The Morgan fingerprint density at radius 2 is 2.06 bits per heavy atom. The Kier molecular flexibility index (Phi) is 5.28. The van der Waals surface area contributed by atoms with Crippen molar-refractivity contribution in [3.8, 4) is 5.75 Å². The molecule has 100 valence electrons. The molecule has 1 atom stereocenters. The standard InChI is InChI=1S/C14H21NO3/c1-6-13(17-4)12(16)7-11-10(3)14(18-5)9(2)8-15-11/h8,13H,6-7H2,1-5H3. The van der Waals surface area contributed by atoms with Gasteiger partial charge in [-0.25, -0.2) is 0 Å². The van der Waals surface area contributed by atoms with E-state index in [1.54, 1.807) is 20.4 Å². The number of pyridine rings is 1. The summed E-state index contributed by atoms with van der Waals surface area (Å²) in [5.41, 5.74) is 2.67. The van der Waals surface area contributed by atoms with Crippen LogP contribution in [0.15, 0.2) is 6.20 Å². The van der Waals surface area contributed by atoms with E-state index < -0.39 is 0 Å². The lowest BCUT2D eigenvalue weighted by Gasteiger charge is -2.14. The van der Waals surface area contributed by atoms with Crippen molar-refractivity contribution < 1.29 is 14.3 Å². The summed E-state index contributed by atoms with van der Waals surface area (Å²) in [7, 11) is 3.19. The number of hydrogen-bond donors (Lipinski definition) is 0. The number of nitrogens with zero attached hydrogens (tertiary/aromatic N) is 1. The number of ether oxygens (including phenoxy) is 2. The van der Waals surface area contributed by atoms with Crippen LogP contribution in [0, 0.1) is 13.8 Å². The average Bonchev–Trinajstić information content (AvgIpc) is 2.35. The third-order valence-electron chi connectivity index (χ3n) is 3.11. The third-order valence-corrected chi connectivity index (χ3v) is 3.11. The number of aryl methyl sites for hydroxylation is 1. The van der Waals surface area contributed by atoms with E-state index in [4.69, 9.17) is 9.47 Å². The fourth-order valence-electron chi connectivity index (χ4n) is 2.05. The first-order valence-corrected chi connectivity index (χ1v) is 6.09. The lowest BCUT2D eigenvalue weighted by molar-refractivity contribution is -0.128. The number of methoxy groups -OCH3 is 2. The Labute approximate surface area is 108 Å². The zero-order valence-corrected chi connectivity index (χ0v) is 11.7. The first-order chi connectivity index (χ1) is 8.54. The number of ketones is 1. The van der Waals surface area contributed by atoms with Crippen molar-refractivity contribution in [1.29, 1.82) is 0 Å². The van der Waals surface area contributed by atoms with Gasteiger partial charge in [0.05, 0.1) is 19.2 Å². The number of carbonyl (C=O) groups excluding carboxylic acids is 1. The third kappa shape index (κ3) is 3.07. The van der Waals surface area contributed by atoms with E-state index in [-0.39, 0.29) is 18.3 Å². The largest absolute Gasteiger partial charge is 0.496 e. The summed E-state index contributed by atoms with van der Waals surface area (Å²) in [6.07, 6.45) is 2.35. The van der Waals surface area contributed by atoms with E-state index in [1.807, 2.05) is 20.8 Å². The molecule has 0 saturated heterocycles. The summed E-state index contributed by atoms with van der Waals surface area (Å²) in [4.78, 5) is 16.3. The second-order valence-electron chi connectivity index (χ2n) is 4.32. The Balaban J connectivity index is 2.95. The van der Waals surface area contributed by atoms with Crippen LogP contribution < -0.4 is 4.74 Å². The van der Waals surface area contributed by atoms with Gasteiger partial charge in [0.25, 0.3) is 0 Å². The van der Waals surface area contributed by atoms with Gasteiger partial charge < -0.3 is 9.47 Å².